The SMILES string of the molecule is OCc1c(F)cc(OCC(F)F)cc1F. The van der Waals surface area contributed by atoms with Gasteiger partial charge in [-0.05, 0) is 0 Å². The zero-order chi connectivity index (χ0) is 11.4. The molecule has 1 rings (SSSR count). The fourth-order valence-corrected chi connectivity index (χ4v) is 0.973. The highest BCUT2D eigenvalue weighted by Crippen LogP contribution is 2.21. The summed E-state index contributed by atoms with van der Waals surface area (Å²) >= 11 is 0. The molecule has 0 aliphatic rings. The normalized spacial score (nSPS) is 10.8. The van der Waals surface area contributed by atoms with Crippen LogP contribution in [0.15, 0.2) is 12.1 Å². The molecule has 0 amide bonds. The van der Waals surface area contributed by atoms with Gasteiger partial charge in [-0.3, -0.25) is 0 Å². The van der Waals surface area contributed by atoms with Crippen molar-refractivity contribution >= 4 is 0 Å². The predicted octanol–water partition coefficient (Wildman–Crippen LogP) is 2.10. The summed E-state index contributed by atoms with van der Waals surface area (Å²) in [7, 11) is 0. The Morgan fingerprint density at radius 2 is 1.73 bits per heavy atom. The van der Waals surface area contributed by atoms with Gasteiger partial charge in [0.1, 0.15) is 24.0 Å². The fraction of sp³-hybridized carbons (Fsp3) is 0.333. The second-order valence-electron chi connectivity index (χ2n) is 2.73. The molecular formula is C9H8F4O2. The number of aliphatic hydroxyl groups is 1. The van der Waals surface area contributed by atoms with Gasteiger partial charge in [-0.15, -0.1) is 0 Å². The lowest BCUT2D eigenvalue weighted by atomic mass is 10.2. The summed E-state index contributed by atoms with van der Waals surface area (Å²) in [6.07, 6.45) is -2.71. The molecule has 0 aliphatic carbocycles. The standard InChI is InChI=1S/C9H8F4O2/c10-7-1-5(15-4-9(12)13)2-8(11)6(7)3-14/h1-2,9,14H,3-4H2. The van der Waals surface area contributed by atoms with Crippen molar-refractivity contribution in [1.29, 1.82) is 0 Å². The first kappa shape index (κ1) is 11.8. The van der Waals surface area contributed by atoms with Gasteiger partial charge in [0.2, 0.25) is 0 Å². The topological polar surface area (TPSA) is 29.5 Å². The maximum absolute atomic E-state index is 13.0. The quantitative estimate of drug-likeness (QED) is 0.793. The van der Waals surface area contributed by atoms with Crippen LogP contribution in [0.1, 0.15) is 5.56 Å². The van der Waals surface area contributed by atoms with Crippen LogP contribution in [0.25, 0.3) is 0 Å². The summed E-state index contributed by atoms with van der Waals surface area (Å²) in [6.45, 7) is -1.73. The van der Waals surface area contributed by atoms with Crippen LogP contribution in [0.2, 0.25) is 0 Å². The first-order chi connectivity index (χ1) is 7.04. The van der Waals surface area contributed by atoms with Crippen molar-refractivity contribution in [2.75, 3.05) is 6.61 Å². The number of halogens is 4. The molecule has 0 unspecified atom stereocenters. The summed E-state index contributed by atoms with van der Waals surface area (Å²) in [4.78, 5) is 0. The first-order valence-corrected chi connectivity index (χ1v) is 4.04. The lowest BCUT2D eigenvalue weighted by Crippen LogP contribution is -2.08. The van der Waals surface area contributed by atoms with Gasteiger partial charge in [-0.2, -0.15) is 0 Å². The summed E-state index contributed by atoms with van der Waals surface area (Å²) < 4.78 is 53.8. The van der Waals surface area contributed by atoms with Crippen LogP contribution >= 0.6 is 0 Å². The van der Waals surface area contributed by atoms with Crippen LogP contribution in [0, 0.1) is 11.6 Å². The van der Waals surface area contributed by atoms with Crippen molar-refractivity contribution in [3.05, 3.63) is 29.3 Å². The Morgan fingerprint density at radius 1 is 1.20 bits per heavy atom. The summed E-state index contributed by atoms with van der Waals surface area (Å²) in [5, 5.41) is 8.57. The molecule has 84 valence electrons. The molecular weight excluding hydrogens is 216 g/mol. The van der Waals surface area contributed by atoms with Gasteiger partial charge in [0, 0.05) is 17.7 Å². The zero-order valence-corrected chi connectivity index (χ0v) is 7.51. The number of rotatable bonds is 4. The van der Waals surface area contributed by atoms with E-state index >= 15 is 0 Å². The Hall–Kier alpha value is -1.30. The van der Waals surface area contributed by atoms with E-state index in [2.05, 4.69) is 4.74 Å². The molecule has 0 saturated carbocycles. The van der Waals surface area contributed by atoms with E-state index in [4.69, 9.17) is 5.11 Å². The van der Waals surface area contributed by atoms with Crippen molar-refractivity contribution in [3.8, 4) is 5.75 Å². The molecule has 0 aliphatic heterocycles. The third-order valence-electron chi connectivity index (χ3n) is 1.65. The van der Waals surface area contributed by atoms with Crippen molar-refractivity contribution in [1.82, 2.24) is 0 Å². The van der Waals surface area contributed by atoms with E-state index in [9.17, 15) is 17.6 Å². The Balaban J connectivity index is 2.84. The van der Waals surface area contributed by atoms with E-state index in [1.807, 2.05) is 0 Å². The molecule has 2 nitrogen and oxygen atoms in total. The number of ether oxygens (including phenoxy) is 1. The Bertz CT molecular complexity index is 318. The van der Waals surface area contributed by atoms with Crippen molar-refractivity contribution in [3.63, 3.8) is 0 Å². The Labute approximate surface area is 83.1 Å². The molecule has 0 heterocycles. The van der Waals surface area contributed by atoms with Gasteiger partial charge in [0.05, 0.1) is 6.61 Å². The number of alkyl halides is 2. The average Bonchev–Trinajstić information content (AvgIpc) is 2.14. The van der Waals surface area contributed by atoms with E-state index in [0.29, 0.717) is 0 Å². The Kier molecular flexibility index (Phi) is 3.90. The molecule has 0 spiro atoms. The van der Waals surface area contributed by atoms with Crippen LogP contribution in [0.5, 0.6) is 5.75 Å². The minimum absolute atomic E-state index is 0.331. The Morgan fingerprint density at radius 3 is 2.13 bits per heavy atom. The van der Waals surface area contributed by atoms with Gasteiger partial charge in [-0.25, -0.2) is 17.6 Å². The lowest BCUT2D eigenvalue weighted by molar-refractivity contribution is 0.0814. The van der Waals surface area contributed by atoms with E-state index in [-0.39, 0.29) is 5.75 Å². The van der Waals surface area contributed by atoms with Gasteiger partial charge in [0.25, 0.3) is 6.43 Å². The highest BCUT2D eigenvalue weighted by Gasteiger charge is 2.12. The van der Waals surface area contributed by atoms with Crippen LogP contribution < -0.4 is 4.74 Å². The van der Waals surface area contributed by atoms with Gasteiger partial charge < -0.3 is 9.84 Å². The van der Waals surface area contributed by atoms with E-state index in [1.165, 1.54) is 0 Å². The van der Waals surface area contributed by atoms with Crippen LogP contribution in [-0.2, 0) is 6.61 Å². The number of hydrogen-bond acceptors (Lipinski definition) is 2. The average molecular weight is 224 g/mol. The molecule has 0 radical (unpaired) electrons. The molecule has 1 aromatic rings. The molecule has 1 aromatic carbocycles. The summed E-state index contributed by atoms with van der Waals surface area (Å²) in [5.74, 6) is -2.38. The third kappa shape index (κ3) is 3.09. The fourth-order valence-electron chi connectivity index (χ4n) is 0.973. The third-order valence-corrected chi connectivity index (χ3v) is 1.65. The molecule has 0 aromatic heterocycles. The maximum Gasteiger partial charge on any atom is 0.272 e. The molecule has 1 N–H and O–H groups in total. The van der Waals surface area contributed by atoms with Crippen molar-refractivity contribution < 1.29 is 27.4 Å². The minimum atomic E-state index is -2.71. The molecule has 15 heavy (non-hydrogen) atoms. The monoisotopic (exact) mass is 224 g/mol. The van der Waals surface area contributed by atoms with E-state index in [0.717, 1.165) is 12.1 Å². The first-order valence-electron chi connectivity index (χ1n) is 4.04. The van der Waals surface area contributed by atoms with Crippen LogP contribution in [-0.4, -0.2) is 18.1 Å². The highest BCUT2D eigenvalue weighted by atomic mass is 19.3. The second-order valence-corrected chi connectivity index (χ2v) is 2.73. The smallest absolute Gasteiger partial charge is 0.272 e. The maximum atomic E-state index is 13.0. The predicted molar refractivity (Wildman–Crippen MR) is 43.8 cm³/mol. The zero-order valence-electron chi connectivity index (χ0n) is 7.51. The molecule has 0 fully saturated rings. The summed E-state index contributed by atoms with van der Waals surface area (Å²) in [6, 6.07) is 1.49. The lowest BCUT2D eigenvalue weighted by Gasteiger charge is -2.07. The van der Waals surface area contributed by atoms with Crippen molar-refractivity contribution in [2.24, 2.45) is 0 Å². The molecule has 0 saturated heterocycles. The van der Waals surface area contributed by atoms with E-state index in [1.54, 1.807) is 0 Å². The second kappa shape index (κ2) is 4.97. The van der Waals surface area contributed by atoms with Crippen LogP contribution in [0.3, 0.4) is 0 Å². The van der Waals surface area contributed by atoms with E-state index < -0.39 is 36.8 Å². The highest BCUT2D eigenvalue weighted by molar-refractivity contribution is 5.30. The minimum Gasteiger partial charge on any atom is -0.487 e. The summed E-state index contributed by atoms with van der Waals surface area (Å²) in [5.41, 5.74) is -0.514. The van der Waals surface area contributed by atoms with Gasteiger partial charge >= 0.3 is 0 Å². The number of benzene rings is 1. The van der Waals surface area contributed by atoms with Gasteiger partial charge in [0.15, 0.2) is 0 Å². The van der Waals surface area contributed by atoms with Crippen molar-refractivity contribution in [2.45, 2.75) is 13.0 Å². The molecule has 0 bridgehead atoms. The van der Waals surface area contributed by atoms with Crippen LogP contribution in [0.4, 0.5) is 17.6 Å². The largest absolute Gasteiger partial charge is 0.487 e. The van der Waals surface area contributed by atoms with Gasteiger partial charge in [-0.1, -0.05) is 0 Å². The molecule has 6 heteroatoms. The number of aliphatic hydroxyl groups excluding tert-OH is 1. The number of hydrogen-bond donors (Lipinski definition) is 1. The molecule has 0 atom stereocenters.